The van der Waals surface area contributed by atoms with Crippen molar-refractivity contribution in [2.45, 2.75) is 31.7 Å². The van der Waals surface area contributed by atoms with Crippen LogP contribution in [0.3, 0.4) is 0 Å². The Labute approximate surface area is 94.4 Å². The van der Waals surface area contributed by atoms with Crippen molar-refractivity contribution >= 4 is 11.8 Å². The van der Waals surface area contributed by atoms with Crippen molar-refractivity contribution in [3.63, 3.8) is 0 Å². The van der Waals surface area contributed by atoms with Crippen molar-refractivity contribution in [2.24, 2.45) is 5.73 Å². The molecule has 0 unspecified atom stereocenters. The number of carbonyl (C=O) groups is 2. The van der Waals surface area contributed by atoms with Gasteiger partial charge < -0.3 is 20.7 Å². The van der Waals surface area contributed by atoms with E-state index >= 15 is 0 Å². The molecule has 16 heavy (non-hydrogen) atoms. The van der Waals surface area contributed by atoms with E-state index < -0.39 is 25.2 Å². The van der Waals surface area contributed by atoms with Gasteiger partial charge in [0.1, 0.15) is 12.6 Å². The third-order valence-corrected chi connectivity index (χ3v) is 2.02. The lowest BCUT2D eigenvalue weighted by Gasteiger charge is -2.08. The van der Waals surface area contributed by atoms with Gasteiger partial charge in [-0.15, -0.1) is 0 Å². The highest BCUT2D eigenvalue weighted by molar-refractivity contribution is 5.79. The maximum atomic E-state index is 11.0. The average Bonchev–Trinajstić information content (AvgIpc) is 2.31. The van der Waals surface area contributed by atoms with Gasteiger partial charge in [-0.1, -0.05) is 0 Å². The van der Waals surface area contributed by atoms with Crippen LogP contribution in [0.1, 0.15) is 25.7 Å². The molecular weight excluding hydrogens is 214 g/mol. The fourth-order valence-electron chi connectivity index (χ4n) is 1.03. The van der Waals surface area contributed by atoms with E-state index in [4.69, 9.17) is 20.7 Å². The van der Waals surface area contributed by atoms with E-state index in [-0.39, 0.29) is 12.4 Å². The van der Waals surface area contributed by atoms with Crippen LogP contribution in [0.15, 0.2) is 0 Å². The predicted octanol–water partition coefficient (Wildman–Crippen LogP) is -1.03. The Hall–Kier alpha value is -0.980. The van der Waals surface area contributed by atoms with Gasteiger partial charge in [0.05, 0.1) is 13.2 Å². The number of hydrogen-bond acceptors (Lipinski definition) is 6. The van der Waals surface area contributed by atoms with Gasteiger partial charge in [0.25, 0.3) is 0 Å². The molecule has 0 aromatic carbocycles. The minimum Gasteiger partial charge on any atom is -0.464 e. The number of nitrogens with two attached hydrogens (primary N) is 1. The lowest BCUT2D eigenvalue weighted by molar-refractivity contribution is -0.146. The molecule has 0 aromatic rings. The molecule has 0 radical (unpaired) electrons. The van der Waals surface area contributed by atoms with Gasteiger partial charge in [-0.3, -0.25) is 9.59 Å². The van der Waals surface area contributed by atoms with Crippen molar-refractivity contribution in [3.05, 3.63) is 0 Å². The zero-order chi connectivity index (χ0) is 12.4. The van der Waals surface area contributed by atoms with E-state index in [2.05, 4.69) is 0 Å². The minimum atomic E-state index is -0.976. The molecule has 0 saturated heterocycles. The first-order valence-corrected chi connectivity index (χ1v) is 5.27. The first-order valence-electron chi connectivity index (χ1n) is 5.27. The van der Waals surface area contributed by atoms with E-state index in [1.165, 1.54) is 0 Å². The number of aliphatic hydroxyl groups excluding tert-OH is 2. The van der Waals surface area contributed by atoms with Gasteiger partial charge >= 0.3 is 5.97 Å². The highest BCUT2D eigenvalue weighted by Gasteiger charge is 2.12. The quantitative estimate of drug-likeness (QED) is 0.347. The topological polar surface area (TPSA) is 110 Å². The number of rotatable bonds is 9. The zero-order valence-electron chi connectivity index (χ0n) is 9.22. The molecule has 0 aliphatic rings. The number of hydrogen-bond donors (Lipinski definition) is 3. The van der Waals surface area contributed by atoms with E-state index in [1.807, 2.05) is 0 Å². The molecular formula is C10H19NO5. The summed E-state index contributed by atoms with van der Waals surface area (Å²) in [6.07, 6.45) is 2.40. The van der Waals surface area contributed by atoms with Crippen LogP contribution in [0.2, 0.25) is 0 Å². The van der Waals surface area contributed by atoms with Crippen LogP contribution in [0.25, 0.3) is 0 Å². The summed E-state index contributed by atoms with van der Waals surface area (Å²) in [5, 5.41) is 17.0. The molecule has 0 aliphatic heterocycles. The summed E-state index contributed by atoms with van der Waals surface area (Å²) < 4.78 is 4.77. The molecule has 0 fully saturated rings. The molecule has 0 spiro atoms. The second-order valence-corrected chi connectivity index (χ2v) is 3.46. The Morgan fingerprint density at radius 1 is 1.19 bits per heavy atom. The van der Waals surface area contributed by atoms with Crippen LogP contribution in [0.5, 0.6) is 0 Å². The van der Waals surface area contributed by atoms with Gasteiger partial charge in [0, 0.05) is 6.42 Å². The SMILES string of the molecule is N[C@@H](CO)C(=O)OCCCCCC(=O)CO. The third-order valence-electron chi connectivity index (χ3n) is 2.02. The van der Waals surface area contributed by atoms with E-state index in [1.54, 1.807) is 0 Å². The Balaban J connectivity index is 3.33. The van der Waals surface area contributed by atoms with Crippen LogP contribution in [-0.4, -0.2) is 47.8 Å². The minimum absolute atomic E-state index is 0.181. The Morgan fingerprint density at radius 3 is 2.44 bits per heavy atom. The molecule has 4 N–H and O–H groups in total. The third kappa shape index (κ3) is 7.33. The molecule has 0 aliphatic carbocycles. The number of Topliss-reactive ketones (excluding diaryl/α,β-unsaturated/α-hetero) is 1. The molecule has 94 valence electrons. The Morgan fingerprint density at radius 2 is 1.88 bits per heavy atom. The van der Waals surface area contributed by atoms with Crippen molar-refractivity contribution in [3.8, 4) is 0 Å². The Kier molecular flexibility index (Phi) is 8.69. The van der Waals surface area contributed by atoms with Gasteiger partial charge in [-0.05, 0) is 19.3 Å². The van der Waals surface area contributed by atoms with Crippen molar-refractivity contribution in [1.82, 2.24) is 0 Å². The summed E-state index contributed by atoms with van der Waals surface area (Å²) in [5.74, 6) is -0.798. The summed E-state index contributed by atoms with van der Waals surface area (Å²) in [6.45, 7) is -0.607. The number of esters is 1. The predicted molar refractivity (Wildman–Crippen MR) is 56.6 cm³/mol. The largest absolute Gasteiger partial charge is 0.464 e. The van der Waals surface area contributed by atoms with E-state index in [0.717, 1.165) is 6.42 Å². The van der Waals surface area contributed by atoms with E-state index in [0.29, 0.717) is 19.3 Å². The molecule has 0 rings (SSSR count). The molecule has 6 nitrogen and oxygen atoms in total. The number of carbonyl (C=O) groups excluding carboxylic acids is 2. The van der Waals surface area contributed by atoms with Gasteiger partial charge in [0.2, 0.25) is 0 Å². The molecule has 0 heterocycles. The maximum absolute atomic E-state index is 11.0. The summed E-state index contributed by atoms with van der Waals surface area (Å²) in [7, 11) is 0. The molecule has 0 amide bonds. The van der Waals surface area contributed by atoms with Crippen LogP contribution in [0.4, 0.5) is 0 Å². The number of aliphatic hydroxyl groups is 2. The van der Waals surface area contributed by atoms with Crippen LogP contribution < -0.4 is 5.73 Å². The van der Waals surface area contributed by atoms with Crippen LogP contribution in [-0.2, 0) is 14.3 Å². The average molecular weight is 233 g/mol. The summed E-state index contributed by atoms with van der Waals surface area (Å²) in [4.78, 5) is 21.7. The Bertz CT molecular complexity index is 219. The highest BCUT2D eigenvalue weighted by Crippen LogP contribution is 2.01. The molecule has 0 bridgehead atoms. The monoisotopic (exact) mass is 233 g/mol. The second kappa shape index (κ2) is 9.26. The second-order valence-electron chi connectivity index (χ2n) is 3.46. The lowest BCUT2D eigenvalue weighted by Crippen LogP contribution is -2.35. The van der Waals surface area contributed by atoms with Gasteiger partial charge in [-0.25, -0.2) is 0 Å². The van der Waals surface area contributed by atoms with Gasteiger partial charge in [-0.2, -0.15) is 0 Å². The van der Waals surface area contributed by atoms with Crippen molar-refractivity contribution in [1.29, 1.82) is 0 Å². The summed E-state index contributed by atoms with van der Waals surface area (Å²) in [6, 6.07) is -0.976. The zero-order valence-corrected chi connectivity index (χ0v) is 9.22. The van der Waals surface area contributed by atoms with Crippen molar-refractivity contribution in [2.75, 3.05) is 19.8 Å². The molecule has 6 heteroatoms. The fourth-order valence-corrected chi connectivity index (χ4v) is 1.03. The highest BCUT2D eigenvalue weighted by atomic mass is 16.5. The molecule has 0 aromatic heterocycles. The maximum Gasteiger partial charge on any atom is 0.325 e. The first-order chi connectivity index (χ1) is 7.61. The fraction of sp³-hybridized carbons (Fsp3) is 0.800. The lowest BCUT2D eigenvalue weighted by atomic mass is 10.1. The molecule has 1 atom stereocenters. The number of ketones is 1. The van der Waals surface area contributed by atoms with Gasteiger partial charge in [0.15, 0.2) is 5.78 Å². The van der Waals surface area contributed by atoms with Crippen molar-refractivity contribution < 1.29 is 24.5 Å². The smallest absolute Gasteiger partial charge is 0.325 e. The van der Waals surface area contributed by atoms with Crippen LogP contribution in [0, 0.1) is 0 Å². The number of unbranched alkanes of at least 4 members (excludes halogenated alkanes) is 2. The van der Waals surface area contributed by atoms with Crippen LogP contribution >= 0.6 is 0 Å². The first kappa shape index (κ1) is 15.0. The van der Waals surface area contributed by atoms with E-state index in [9.17, 15) is 9.59 Å². The normalized spacial score (nSPS) is 12.2. The summed E-state index contributed by atoms with van der Waals surface area (Å²) >= 11 is 0. The number of ether oxygens (including phenoxy) is 1. The standard InChI is InChI=1S/C10H19NO5/c11-9(7-13)10(15)16-5-3-1-2-4-8(14)6-12/h9,12-13H,1-7,11H2/t9-/m0/s1. The molecule has 0 saturated carbocycles. The summed E-state index contributed by atoms with van der Waals surface area (Å²) in [5.41, 5.74) is 5.22.